The highest BCUT2D eigenvalue weighted by molar-refractivity contribution is 5.93. The minimum Gasteiger partial charge on any atom is -0.354 e. The molecule has 1 aliphatic carbocycles. The van der Waals surface area contributed by atoms with Gasteiger partial charge in [-0.05, 0) is 56.7 Å². The Balaban J connectivity index is 1.50. The maximum absolute atomic E-state index is 12.7. The van der Waals surface area contributed by atoms with Gasteiger partial charge in [-0.25, -0.2) is 0 Å². The van der Waals surface area contributed by atoms with Crippen LogP contribution in [0.3, 0.4) is 0 Å². The zero-order valence-electron chi connectivity index (χ0n) is 12.0. The molecule has 4 heteroatoms. The lowest BCUT2D eigenvalue weighted by atomic mass is 9.98. The minimum atomic E-state index is 0.214. The average molecular weight is 273 g/mol. The summed E-state index contributed by atoms with van der Waals surface area (Å²) in [6.07, 6.45) is 7.31. The van der Waals surface area contributed by atoms with Gasteiger partial charge in [0, 0.05) is 31.4 Å². The van der Waals surface area contributed by atoms with Crippen LogP contribution in [-0.4, -0.2) is 52.9 Å². The number of nitrogens with one attached hydrogen (secondary N) is 1. The lowest BCUT2D eigenvalue weighted by Crippen LogP contribution is -2.52. The number of aromatic amines is 1. The van der Waals surface area contributed by atoms with E-state index in [0.717, 1.165) is 38.2 Å². The topological polar surface area (TPSA) is 39.3 Å². The Bertz CT molecular complexity index is 498. The predicted molar refractivity (Wildman–Crippen MR) is 77.9 cm³/mol. The van der Waals surface area contributed by atoms with Crippen molar-refractivity contribution >= 4 is 5.91 Å². The Kier molecular flexibility index (Phi) is 3.06. The first-order valence-corrected chi connectivity index (χ1v) is 8.05. The van der Waals surface area contributed by atoms with Gasteiger partial charge in [-0.15, -0.1) is 0 Å². The molecule has 0 saturated carbocycles. The van der Waals surface area contributed by atoms with Crippen molar-refractivity contribution in [1.29, 1.82) is 0 Å². The number of H-pyrrole nitrogens is 1. The van der Waals surface area contributed by atoms with Crippen LogP contribution in [0.1, 0.15) is 47.4 Å². The van der Waals surface area contributed by atoms with Gasteiger partial charge >= 0.3 is 0 Å². The number of aromatic nitrogens is 1. The van der Waals surface area contributed by atoms with Crippen LogP contribution in [0.25, 0.3) is 0 Å². The highest BCUT2D eigenvalue weighted by atomic mass is 16.2. The SMILES string of the molecule is O=C(c1cc2c([nH]1)CCCC2)N1CCN2CCCC2C1. The average Bonchev–Trinajstić information content (AvgIpc) is 3.11. The molecule has 2 saturated heterocycles. The second-order valence-corrected chi connectivity index (χ2v) is 6.48. The molecule has 0 bridgehead atoms. The molecule has 20 heavy (non-hydrogen) atoms. The molecule has 2 aliphatic heterocycles. The van der Waals surface area contributed by atoms with Crippen LogP contribution in [0.4, 0.5) is 0 Å². The fraction of sp³-hybridized carbons (Fsp3) is 0.688. The maximum atomic E-state index is 12.7. The summed E-state index contributed by atoms with van der Waals surface area (Å²) in [7, 11) is 0. The van der Waals surface area contributed by atoms with Crippen molar-refractivity contribution in [2.45, 2.75) is 44.6 Å². The van der Waals surface area contributed by atoms with E-state index in [4.69, 9.17) is 0 Å². The maximum Gasteiger partial charge on any atom is 0.270 e. The molecule has 1 atom stereocenters. The Labute approximate surface area is 120 Å². The number of rotatable bonds is 1. The lowest BCUT2D eigenvalue weighted by Gasteiger charge is -2.37. The fourth-order valence-corrected chi connectivity index (χ4v) is 4.06. The Morgan fingerprint density at radius 1 is 1.15 bits per heavy atom. The van der Waals surface area contributed by atoms with E-state index in [1.165, 1.54) is 43.5 Å². The second kappa shape index (κ2) is 4.92. The molecule has 1 N–H and O–H groups in total. The Morgan fingerprint density at radius 3 is 2.95 bits per heavy atom. The Hall–Kier alpha value is -1.29. The largest absolute Gasteiger partial charge is 0.354 e. The van der Waals surface area contributed by atoms with E-state index in [2.05, 4.69) is 20.9 Å². The third kappa shape index (κ3) is 2.06. The molecule has 0 aromatic carbocycles. The Morgan fingerprint density at radius 2 is 2.05 bits per heavy atom. The minimum absolute atomic E-state index is 0.214. The van der Waals surface area contributed by atoms with E-state index in [0.29, 0.717) is 6.04 Å². The summed E-state index contributed by atoms with van der Waals surface area (Å²) in [5.41, 5.74) is 3.50. The number of amides is 1. The molecule has 2 fully saturated rings. The molecule has 3 aliphatic rings. The van der Waals surface area contributed by atoms with E-state index >= 15 is 0 Å². The number of carbonyl (C=O) groups is 1. The van der Waals surface area contributed by atoms with Crippen molar-refractivity contribution in [3.8, 4) is 0 Å². The highest BCUT2D eigenvalue weighted by Crippen LogP contribution is 2.25. The highest BCUT2D eigenvalue weighted by Gasteiger charge is 2.33. The zero-order valence-corrected chi connectivity index (χ0v) is 12.0. The van der Waals surface area contributed by atoms with Crippen molar-refractivity contribution < 1.29 is 4.79 Å². The van der Waals surface area contributed by atoms with E-state index in [9.17, 15) is 4.79 Å². The molecule has 108 valence electrons. The third-order valence-electron chi connectivity index (χ3n) is 5.22. The predicted octanol–water partition coefficient (Wildman–Crippen LogP) is 1.81. The van der Waals surface area contributed by atoms with Gasteiger partial charge in [-0.2, -0.15) is 0 Å². The van der Waals surface area contributed by atoms with Crippen molar-refractivity contribution in [3.05, 3.63) is 23.0 Å². The van der Waals surface area contributed by atoms with Crippen LogP contribution >= 0.6 is 0 Å². The number of nitrogens with zero attached hydrogens (tertiary/aromatic N) is 2. The second-order valence-electron chi connectivity index (χ2n) is 6.48. The van der Waals surface area contributed by atoms with Crippen molar-refractivity contribution in [3.63, 3.8) is 0 Å². The molecule has 1 aromatic heterocycles. The molecule has 4 nitrogen and oxygen atoms in total. The molecule has 0 radical (unpaired) electrons. The third-order valence-corrected chi connectivity index (χ3v) is 5.22. The van der Waals surface area contributed by atoms with Gasteiger partial charge in [-0.3, -0.25) is 9.69 Å². The van der Waals surface area contributed by atoms with Crippen molar-refractivity contribution in [1.82, 2.24) is 14.8 Å². The van der Waals surface area contributed by atoms with E-state index < -0.39 is 0 Å². The molecule has 3 heterocycles. The molecule has 1 unspecified atom stereocenters. The van der Waals surface area contributed by atoms with Crippen LogP contribution < -0.4 is 0 Å². The normalized spacial score (nSPS) is 26.4. The van der Waals surface area contributed by atoms with Crippen molar-refractivity contribution in [2.24, 2.45) is 0 Å². The van der Waals surface area contributed by atoms with Gasteiger partial charge in [0.2, 0.25) is 0 Å². The molecule has 4 rings (SSSR count). The monoisotopic (exact) mass is 273 g/mol. The van der Waals surface area contributed by atoms with Gasteiger partial charge in [0.15, 0.2) is 0 Å². The summed E-state index contributed by atoms with van der Waals surface area (Å²) >= 11 is 0. The van der Waals surface area contributed by atoms with Gasteiger partial charge in [-0.1, -0.05) is 0 Å². The van der Waals surface area contributed by atoms with E-state index in [1.54, 1.807) is 0 Å². The van der Waals surface area contributed by atoms with Gasteiger partial charge in [0.1, 0.15) is 5.69 Å². The number of carbonyl (C=O) groups excluding carboxylic acids is 1. The zero-order chi connectivity index (χ0) is 13.5. The van der Waals surface area contributed by atoms with Gasteiger partial charge in [0.25, 0.3) is 5.91 Å². The van der Waals surface area contributed by atoms with Crippen LogP contribution in [0.15, 0.2) is 6.07 Å². The van der Waals surface area contributed by atoms with E-state index in [-0.39, 0.29) is 5.91 Å². The number of hydrogen-bond acceptors (Lipinski definition) is 2. The molecule has 0 spiro atoms. The quantitative estimate of drug-likeness (QED) is 0.847. The number of aryl methyl sites for hydroxylation is 2. The fourth-order valence-electron chi connectivity index (χ4n) is 4.06. The van der Waals surface area contributed by atoms with E-state index in [1.807, 2.05) is 0 Å². The van der Waals surface area contributed by atoms with Gasteiger partial charge < -0.3 is 9.88 Å². The number of piperazine rings is 1. The number of hydrogen-bond donors (Lipinski definition) is 1. The molecule has 1 amide bonds. The summed E-state index contributed by atoms with van der Waals surface area (Å²) in [5.74, 6) is 0.214. The van der Waals surface area contributed by atoms with Crippen LogP contribution in [0.2, 0.25) is 0 Å². The molecular weight excluding hydrogens is 250 g/mol. The first-order valence-electron chi connectivity index (χ1n) is 8.05. The number of fused-ring (bicyclic) bond motifs is 2. The lowest BCUT2D eigenvalue weighted by molar-refractivity contribution is 0.0566. The summed E-state index contributed by atoms with van der Waals surface area (Å²) in [4.78, 5) is 20.7. The van der Waals surface area contributed by atoms with Crippen LogP contribution in [0.5, 0.6) is 0 Å². The summed E-state index contributed by atoms with van der Waals surface area (Å²) in [5, 5.41) is 0. The first kappa shape index (κ1) is 12.5. The smallest absolute Gasteiger partial charge is 0.270 e. The standard InChI is InChI=1S/C16H23N3O/c20-16(15-10-12-4-1-2-6-14(12)17-15)19-9-8-18-7-3-5-13(18)11-19/h10,13,17H,1-9,11H2. The summed E-state index contributed by atoms with van der Waals surface area (Å²) in [6, 6.07) is 2.72. The van der Waals surface area contributed by atoms with Gasteiger partial charge in [0.05, 0.1) is 0 Å². The summed E-state index contributed by atoms with van der Waals surface area (Å²) < 4.78 is 0. The molecular formula is C16H23N3O. The van der Waals surface area contributed by atoms with Crippen LogP contribution in [-0.2, 0) is 12.8 Å². The first-order chi connectivity index (χ1) is 9.81. The van der Waals surface area contributed by atoms with Crippen molar-refractivity contribution in [2.75, 3.05) is 26.2 Å². The van der Waals surface area contributed by atoms with Crippen LogP contribution in [0, 0.1) is 0 Å². The summed E-state index contributed by atoms with van der Waals surface area (Å²) in [6.45, 7) is 4.09. The molecule has 1 aromatic rings.